The van der Waals surface area contributed by atoms with Gasteiger partial charge in [-0.1, -0.05) is 0 Å². The number of carbonyl (C=O) groups is 1. The van der Waals surface area contributed by atoms with Crippen LogP contribution in [0, 0.1) is 0 Å². The lowest BCUT2D eigenvalue weighted by atomic mass is 10.2. The van der Waals surface area contributed by atoms with E-state index in [9.17, 15) is 4.79 Å². The number of imidazole rings is 1. The molecule has 3 aromatic heterocycles. The van der Waals surface area contributed by atoms with Crippen LogP contribution in [0.15, 0.2) is 47.5 Å². The zero-order valence-electron chi connectivity index (χ0n) is 9.62. The molecule has 0 spiro atoms. The van der Waals surface area contributed by atoms with Gasteiger partial charge >= 0.3 is 5.97 Å². The van der Waals surface area contributed by atoms with E-state index in [1.165, 1.54) is 0 Å². The Kier molecular flexibility index (Phi) is 2.79. The number of carboxylic acids is 1. The van der Waals surface area contributed by atoms with Gasteiger partial charge in [0.25, 0.3) is 0 Å². The van der Waals surface area contributed by atoms with E-state index in [4.69, 9.17) is 5.11 Å². The van der Waals surface area contributed by atoms with Gasteiger partial charge in [-0.2, -0.15) is 0 Å². The molecule has 0 aliphatic rings. The molecule has 0 bridgehead atoms. The average molecular weight is 318 g/mol. The van der Waals surface area contributed by atoms with Crippen molar-refractivity contribution in [3.05, 3.63) is 53.0 Å². The Morgan fingerprint density at radius 3 is 2.84 bits per heavy atom. The molecule has 6 heteroatoms. The molecule has 3 rings (SSSR count). The van der Waals surface area contributed by atoms with Gasteiger partial charge in [-0.25, -0.2) is 9.78 Å². The lowest BCUT2D eigenvalue weighted by Gasteiger charge is -2.02. The number of rotatable bonds is 2. The summed E-state index contributed by atoms with van der Waals surface area (Å²) in [5.41, 5.74) is 1.84. The maximum absolute atomic E-state index is 11.0. The third-order valence-electron chi connectivity index (χ3n) is 2.76. The van der Waals surface area contributed by atoms with Gasteiger partial charge in [-0.15, -0.1) is 0 Å². The summed E-state index contributed by atoms with van der Waals surface area (Å²) in [5, 5.41) is 9.05. The first-order chi connectivity index (χ1) is 9.16. The predicted octanol–water partition coefficient (Wildman–Crippen LogP) is 2.86. The van der Waals surface area contributed by atoms with Crippen LogP contribution in [0.2, 0.25) is 0 Å². The van der Waals surface area contributed by atoms with Gasteiger partial charge in [-0.3, -0.25) is 9.38 Å². The van der Waals surface area contributed by atoms with Crippen LogP contribution in [-0.2, 0) is 0 Å². The third-order valence-corrected chi connectivity index (χ3v) is 3.34. The second-order valence-corrected chi connectivity index (χ2v) is 4.70. The minimum absolute atomic E-state index is 0.211. The standard InChI is InChI=1S/C13H8BrN3O2/c14-11-10-4-3-9(13(18)19)7-17(10)12(16-11)8-2-1-5-15-6-8/h1-7H,(H,18,19). The van der Waals surface area contributed by atoms with E-state index in [1.54, 1.807) is 35.1 Å². The molecular formula is C13H8BrN3O2. The summed E-state index contributed by atoms with van der Waals surface area (Å²) in [6.07, 6.45) is 4.92. The van der Waals surface area contributed by atoms with Crippen LogP contribution in [0.3, 0.4) is 0 Å². The van der Waals surface area contributed by atoms with Gasteiger partial charge in [0.1, 0.15) is 10.4 Å². The summed E-state index contributed by atoms with van der Waals surface area (Å²) in [6.45, 7) is 0. The monoisotopic (exact) mass is 317 g/mol. The number of hydrogen-bond donors (Lipinski definition) is 1. The maximum Gasteiger partial charge on any atom is 0.337 e. The van der Waals surface area contributed by atoms with E-state index >= 15 is 0 Å². The van der Waals surface area contributed by atoms with Crippen LogP contribution in [0.5, 0.6) is 0 Å². The number of fused-ring (bicyclic) bond motifs is 1. The Balaban J connectivity index is 2.30. The summed E-state index contributed by atoms with van der Waals surface area (Å²) < 4.78 is 2.41. The highest BCUT2D eigenvalue weighted by Crippen LogP contribution is 2.26. The number of halogens is 1. The first-order valence-corrected chi connectivity index (χ1v) is 6.27. The summed E-state index contributed by atoms with van der Waals surface area (Å²) in [5.74, 6) is -0.318. The molecule has 5 nitrogen and oxygen atoms in total. The molecule has 94 valence electrons. The molecule has 0 radical (unpaired) electrons. The van der Waals surface area contributed by atoms with Crippen LogP contribution in [0.1, 0.15) is 10.4 Å². The van der Waals surface area contributed by atoms with Crippen molar-refractivity contribution in [1.82, 2.24) is 14.4 Å². The Morgan fingerprint density at radius 1 is 1.32 bits per heavy atom. The number of carboxylic acid groups (broad SMARTS) is 1. The van der Waals surface area contributed by atoms with Gasteiger partial charge in [0, 0.05) is 24.2 Å². The van der Waals surface area contributed by atoms with E-state index < -0.39 is 5.97 Å². The van der Waals surface area contributed by atoms with Gasteiger partial charge in [-0.05, 0) is 40.2 Å². The Morgan fingerprint density at radius 2 is 2.16 bits per heavy atom. The minimum Gasteiger partial charge on any atom is -0.478 e. The molecule has 0 aromatic carbocycles. The smallest absolute Gasteiger partial charge is 0.337 e. The van der Waals surface area contributed by atoms with E-state index in [0.717, 1.165) is 11.1 Å². The molecule has 3 aromatic rings. The molecule has 0 aliphatic heterocycles. The fourth-order valence-corrected chi connectivity index (χ4v) is 2.36. The van der Waals surface area contributed by atoms with Gasteiger partial charge < -0.3 is 5.11 Å². The van der Waals surface area contributed by atoms with Crippen LogP contribution in [-0.4, -0.2) is 25.4 Å². The summed E-state index contributed by atoms with van der Waals surface area (Å²) >= 11 is 3.38. The summed E-state index contributed by atoms with van der Waals surface area (Å²) in [7, 11) is 0. The van der Waals surface area contributed by atoms with E-state index in [-0.39, 0.29) is 5.56 Å². The second-order valence-electron chi connectivity index (χ2n) is 3.95. The van der Waals surface area contributed by atoms with Crippen LogP contribution >= 0.6 is 15.9 Å². The number of aromatic nitrogens is 3. The number of aromatic carboxylic acids is 1. The highest BCUT2D eigenvalue weighted by atomic mass is 79.9. The molecule has 0 atom stereocenters. The SMILES string of the molecule is O=C(O)c1ccc2c(Br)nc(-c3cccnc3)n2c1. The zero-order chi connectivity index (χ0) is 13.4. The van der Waals surface area contributed by atoms with Crippen LogP contribution in [0.25, 0.3) is 16.9 Å². The minimum atomic E-state index is -0.969. The number of hydrogen-bond acceptors (Lipinski definition) is 3. The van der Waals surface area contributed by atoms with Gasteiger partial charge in [0.05, 0.1) is 11.1 Å². The Hall–Kier alpha value is -2.21. The molecule has 0 aliphatic carbocycles. The molecule has 0 amide bonds. The summed E-state index contributed by atoms with van der Waals surface area (Å²) in [6, 6.07) is 6.96. The first kappa shape index (κ1) is 11.9. The van der Waals surface area contributed by atoms with Crippen molar-refractivity contribution in [1.29, 1.82) is 0 Å². The molecule has 0 unspecified atom stereocenters. The molecule has 0 saturated heterocycles. The molecular weight excluding hydrogens is 310 g/mol. The van der Waals surface area contributed by atoms with Crippen LogP contribution < -0.4 is 0 Å². The van der Waals surface area contributed by atoms with E-state index in [0.29, 0.717) is 10.4 Å². The molecule has 1 N–H and O–H groups in total. The first-order valence-electron chi connectivity index (χ1n) is 5.48. The summed E-state index contributed by atoms with van der Waals surface area (Å²) in [4.78, 5) is 19.5. The lowest BCUT2D eigenvalue weighted by molar-refractivity contribution is 0.0696. The number of nitrogens with zero attached hydrogens (tertiary/aromatic N) is 3. The van der Waals surface area contributed by atoms with Crippen molar-refractivity contribution in [2.24, 2.45) is 0 Å². The topological polar surface area (TPSA) is 67.5 Å². The zero-order valence-corrected chi connectivity index (χ0v) is 11.2. The molecule has 0 saturated carbocycles. The molecule has 0 fully saturated rings. The van der Waals surface area contributed by atoms with Gasteiger partial charge in [0.2, 0.25) is 0 Å². The van der Waals surface area contributed by atoms with E-state index in [1.807, 2.05) is 12.1 Å². The fraction of sp³-hybridized carbons (Fsp3) is 0. The largest absolute Gasteiger partial charge is 0.478 e. The second kappa shape index (κ2) is 4.47. The van der Waals surface area contributed by atoms with E-state index in [2.05, 4.69) is 25.9 Å². The quantitative estimate of drug-likeness (QED) is 0.789. The van der Waals surface area contributed by atoms with Crippen molar-refractivity contribution in [3.8, 4) is 11.4 Å². The fourth-order valence-electron chi connectivity index (χ4n) is 1.87. The van der Waals surface area contributed by atoms with Crippen molar-refractivity contribution >= 4 is 27.4 Å². The highest BCUT2D eigenvalue weighted by Gasteiger charge is 2.13. The van der Waals surface area contributed by atoms with Crippen molar-refractivity contribution in [3.63, 3.8) is 0 Å². The lowest BCUT2D eigenvalue weighted by Crippen LogP contribution is -1.99. The average Bonchev–Trinajstić information content (AvgIpc) is 2.77. The maximum atomic E-state index is 11.0. The normalized spacial score (nSPS) is 10.8. The van der Waals surface area contributed by atoms with Crippen molar-refractivity contribution in [2.45, 2.75) is 0 Å². The predicted molar refractivity (Wildman–Crippen MR) is 73.1 cm³/mol. The Bertz CT molecular complexity index is 768. The van der Waals surface area contributed by atoms with Gasteiger partial charge in [0.15, 0.2) is 0 Å². The van der Waals surface area contributed by atoms with Crippen molar-refractivity contribution < 1.29 is 9.90 Å². The molecule has 3 heterocycles. The number of pyridine rings is 2. The van der Waals surface area contributed by atoms with Crippen LogP contribution in [0.4, 0.5) is 0 Å². The molecule has 19 heavy (non-hydrogen) atoms. The third kappa shape index (κ3) is 2.00. The van der Waals surface area contributed by atoms with Crippen molar-refractivity contribution in [2.75, 3.05) is 0 Å². The highest BCUT2D eigenvalue weighted by molar-refractivity contribution is 9.10. The Labute approximate surface area is 116 Å².